The number of aromatic hydroxyl groups is 1. The molecule has 0 unspecified atom stereocenters. The van der Waals surface area contributed by atoms with Gasteiger partial charge >= 0.3 is 0 Å². The van der Waals surface area contributed by atoms with Gasteiger partial charge in [-0.05, 0) is 36.4 Å². The fourth-order valence-electron chi connectivity index (χ4n) is 1.41. The highest BCUT2D eigenvalue weighted by Crippen LogP contribution is 2.20. The lowest BCUT2D eigenvalue weighted by Gasteiger charge is -2.03. The number of carbonyl (C=O) groups is 1. The fraction of sp³-hybridized carbons (Fsp3) is 0. The highest BCUT2D eigenvalue weighted by atomic mass is 79.9. The number of hydrogen-bond donors (Lipinski definition) is 1. The van der Waals surface area contributed by atoms with E-state index in [0.29, 0.717) is 11.1 Å². The summed E-state index contributed by atoms with van der Waals surface area (Å²) in [4.78, 5) is 12.1. The summed E-state index contributed by atoms with van der Waals surface area (Å²) >= 11 is 3.34. The molecule has 16 heavy (non-hydrogen) atoms. The monoisotopic (exact) mass is 276 g/mol. The zero-order valence-corrected chi connectivity index (χ0v) is 9.94. The number of carbonyl (C=O) groups excluding carboxylic acids is 1. The van der Waals surface area contributed by atoms with Crippen molar-refractivity contribution < 1.29 is 9.90 Å². The summed E-state index contributed by atoms with van der Waals surface area (Å²) in [6.45, 7) is 0. The molecule has 0 fully saturated rings. The topological polar surface area (TPSA) is 37.3 Å². The van der Waals surface area contributed by atoms with E-state index in [1.54, 1.807) is 18.2 Å². The zero-order valence-electron chi connectivity index (χ0n) is 8.35. The molecule has 2 aromatic carbocycles. The van der Waals surface area contributed by atoms with E-state index < -0.39 is 0 Å². The van der Waals surface area contributed by atoms with Crippen molar-refractivity contribution in [1.82, 2.24) is 0 Å². The molecule has 0 radical (unpaired) electrons. The number of halogens is 1. The molecule has 0 aliphatic carbocycles. The maximum absolute atomic E-state index is 12.1. The standard InChI is InChI=1S/C13H9BrO2/c14-12-4-2-1-3-11(12)13(16)9-5-7-10(15)8-6-9/h1-8,15H. The van der Waals surface area contributed by atoms with E-state index in [4.69, 9.17) is 5.11 Å². The maximum atomic E-state index is 12.1. The van der Waals surface area contributed by atoms with Gasteiger partial charge in [0.15, 0.2) is 5.78 Å². The van der Waals surface area contributed by atoms with Crippen molar-refractivity contribution in [1.29, 1.82) is 0 Å². The lowest BCUT2D eigenvalue weighted by atomic mass is 10.0. The van der Waals surface area contributed by atoms with Crippen LogP contribution in [0.15, 0.2) is 53.0 Å². The van der Waals surface area contributed by atoms with Crippen molar-refractivity contribution in [2.45, 2.75) is 0 Å². The molecule has 2 aromatic rings. The van der Waals surface area contributed by atoms with Crippen molar-refractivity contribution in [3.05, 3.63) is 64.1 Å². The summed E-state index contributed by atoms with van der Waals surface area (Å²) in [6.07, 6.45) is 0. The van der Waals surface area contributed by atoms with Crippen molar-refractivity contribution in [2.75, 3.05) is 0 Å². The lowest BCUT2D eigenvalue weighted by molar-refractivity contribution is 0.103. The minimum atomic E-state index is -0.0625. The van der Waals surface area contributed by atoms with Gasteiger partial charge in [0.25, 0.3) is 0 Å². The van der Waals surface area contributed by atoms with Crippen LogP contribution in [0.25, 0.3) is 0 Å². The molecule has 0 bridgehead atoms. The quantitative estimate of drug-likeness (QED) is 0.854. The van der Waals surface area contributed by atoms with Crippen LogP contribution in [0.1, 0.15) is 15.9 Å². The van der Waals surface area contributed by atoms with Gasteiger partial charge in [-0.1, -0.05) is 28.1 Å². The molecule has 0 aliphatic heterocycles. The van der Waals surface area contributed by atoms with Gasteiger partial charge in [0, 0.05) is 15.6 Å². The van der Waals surface area contributed by atoms with Gasteiger partial charge in [-0.25, -0.2) is 0 Å². The van der Waals surface area contributed by atoms with E-state index >= 15 is 0 Å². The van der Waals surface area contributed by atoms with Gasteiger partial charge in [-0.3, -0.25) is 4.79 Å². The molecule has 0 aromatic heterocycles. The van der Waals surface area contributed by atoms with Crippen LogP contribution in [0.3, 0.4) is 0 Å². The van der Waals surface area contributed by atoms with Crippen molar-refractivity contribution >= 4 is 21.7 Å². The number of benzene rings is 2. The van der Waals surface area contributed by atoms with Crippen LogP contribution in [0.5, 0.6) is 5.75 Å². The molecule has 0 atom stereocenters. The van der Waals surface area contributed by atoms with E-state index in [9.17, 15) is 4.79 Å². The third kappa shape index (κ3) is 2.14. The summed E-state index contributed by atoms with van der Waals surface area (Å²) in [5.74, 6) is 0.0937. The van der Waals surface area contributed by atoms with E-state index in [-0.39, 0.29) is 11.5 Å². The molecule has 0 heterocycles. The van der Waals surface area contributed by atoms with Gasteiger partial charge < -0.3 is 5.11 Å². The summed E-state index contributed by atoms with van der Waals surface area (Å²) < 4.78 is 0.771. The van der Waals surface area contributed by atoms with Gasteiger partial charge in [-0.15, -0.1) is 0 Å². The van der Waals surface area contributed by atoms with Crippen LogP contribution < -0.4 is 0 Å². The molecule has 0 amide bonds. The van der Waals surface area contributed by atoms with E-state index in [1.807, 2.05) is 18.2 Å². The molecular formula is C13H9BrO2. The first kappa shape index (κ1) is 10.9. The van der Waals surface area contributed by atoms with E-state index in [1.165, 1.54) is 12.1 Å². The Labute approximate surface area is 102 Å². The maximum Gasteiger partial charge on any atom is 0.194 e. The number of hydrogen-bond acceptors (Lipinski definition) is 2. The van der Waals surface area contributed by atoms with Crippen molar-refractivity contribution in [3.63, 3.8) is 0 Å². The Morgan fingerprint density at radius 1 is 1.00 bits per heavy atom. The summed E-state index contributed by atoms with van der Waals surface area (Å²) in [6, 6.07) is 13.5. The average molecular weight is 277 g/mol. The minimum absolute atomic E-state index is 0.0625. The van der Waals surface area contributed by atoms with E-state index in [0.717, 1.165) is 4.47 Å². The first-order chi connectivity index (χ1) is 7.68. The second-order valence-corrected chi connectivity index (χ2v) is 4.21. The van der Waals surface area contributed by atoms with Crippen LogP contribution in [-0.4, -0.2) is 10.9 Å². The number of phenolic OH excluding ortho intramolecular Hbond substituents is 1. The molecular weight excluding hydrogens is 268 g/mol. The molecule has 0 saturated carbocycles. The second-order valence-electron chi connectivity index (χ2n) is 3.36. The van der Waals surface area contributed by atoms with Gasteiger partial charge in [0.05, 0.1) is 0 Å². The smallest absolute Gasteiger partial charge is 0.194 e. The molecule has 0 spiro atoms. The molecule has 0 aliphatic rings. The van der Waals surface area contributed by atoms with Crippen LogP contribution in [-0.2, 0) is 0 Å². The van der Waals surface area contributed by atoms with Gasteiger partial charge in [-0.2, -0.15) is 0 Å². The molecule has 80 valence electrons. The fourth-order valence-corrected chi connectivity index (χ4v) is 1.88. The SMILES string of the molecule is O=C(c1ccc(O)cc1)c1ccccc1Br. The zero-order chi connectivity index (χ0) is 11.5. The highest BCUT2D eigenvalue weighted by molar-refractivity contribution is 9.10. The number of phenols is 1. The molecule has 2 rings (SSSR count). The molecule has 1 N–H and O–H groups in total. The van der Waals surface area contributed by atoms with Gasteiger partial charge in [0.2, 0.25) is 0 Å². The van der Waals surface area contributed by atoms with Crippen LogP contribution in [0.2, 0.25) is 0 Å². The molecule has 0 saturated heterocycles. The molecule has 3 heteroatoms. The minimum Gasteiger partial charge on any atom is -0.508 e. The summed E-state index contributed by atoms with van der Waals surface area (Å²) in [7, 11) is 0. The van der Waals surface area contributed by atoms with Crippen molar-refractivity contribution in [3.8, 4) is 5.75 Å². The number of rotatable bonds is 2. The predicted molar refractivity (Wildman–Crippen MR) is 65.7 cm³/mol. The van der Waals surface area contributed by atoms with Crippen LogP contribution >= 0.6 is 15.9 Å². The van der Waals surface area contributed by atoms with Crippen LogP contribution in [0.4, 0.5) is 0 Å². The summed E-state index contributed by atoms with van der Waals surface area (Å²) in [5.41, 5.74) is 1.18. The third-order valence-corrected chi connectivity index (χ3v) is 2.94. The first-order valence-electron chi connectivity index (χ1n) is 4.77. The Morgan fingerprint density at radius 3 is 2.25 bits per heavy atom. The highest BCUT2D eigenvalue weighted by Gasteiger charge is 2.11. The third-order valence-electron chi connectivity index (χ3n) is 2.25. The largest absolute Gasteiger partial charge is 0.508 e. The van der Waals surface area contributed by atoms with Crippen LogP contribution in [0, 0.1) is 0 Å². The Bertz CT molecular complexity index is 518. The Kier molecular flexibility index (Phi) is 3.06. The number of ketones is 1. The normalized spacial score (nSPS) is 10.1. The summed E-state index contributed by atoms with van der Waals surface area (Å²) in [5, 5.41) is 9.14. The van der Waals surface area contributed by atoms with Crippen molar-refractivity contribution in [2.24, 2.45) is 0 Å². The Hall–Kier alpha value is -1.61. The van der Waals surface area contributed by atoms with E-state index in [2.05, 4.69) is 15.9 Å². The Morgan fingerprint density at radius 2 is 1.62 bits per heavy atom. The Balaban J connectivity index is 2.40. The van der Waals surface area contributed by atoms with Gasteiger partial charge in [0.1, 0.15) is 5.75 Å². The average Bonchev–Trinajstić information content (AvgIpc) is 2.30. The predicted octanol–water partition coefficient (Wildman–Crippen LogP) is 3.39. The lowest BCUT2D eigenvalue weighted by Crippen LogP contribution is -2.01. The first-order valence-corrected chi connectivity index (χ1v) is 5.56. The second kappa shape index (κ2) is 4.49. The molecule has 2 nitrogen and oxygen atoms in total.